The topological polar surface area (TPSA) is 300 Å². The van der Waals surface area contributed by atoms with Crippen LogP contribution in [0.3, 0.4) is 0 Å². The van der Waals surface area contributed by atoms with Gasteiger partial charge in [-0.3, -0.25) is 47.9 Å². The molecule has 0 aromatic carbocycles. The minimum Gasteiger partial charge on any atom is -0.385 e. The van der Waals surface area contributed by atoms with E-state index in [2.05, 4.69) is 87.5 Å². The fourth-order valence-electron chi connectivity index (χ4n) is 5.25. The molecule has 0 spiro atoms. The highest BCUT2D eigenvalue weighted by Gasteiger charge is 2.32. The van der Waals surface area contributed by atoms with Crippen LogP contribution in [0, 0.1) is 0 Å². The van der Waals surface area contributed by atoms with Gasteiger partial charge in [-0.2, -0.15) is 36.2 Å². The lowest BCUT2D eigenvalue weighted by molar-refractivity contribution is -0.197. The molecule has 0 atom stereocenters. The van der Waals surface area contributed by atoms with Crippen molar-refractivity contribution in [1.29, 1.82) is 0 Å². The number of nitrogens with one attached hydrogen (secondary N) is 6. The van der Waals surface area contributed by atoms with Crippen molar-refractivity contribution in [3.63, 3.8) is 0 Å². The van der Waals surface area contributed by atoms with E-state index in [1.165, 1.54) is 11.8 Å². The first-order chi connectivity index (χ1) is 37.0. The molecule has 458 valence electrons. The number of amides is 8. The van der Waals surface area contributed by atoms with Gasteiger partial charge in [0.15, 0.2) is 0 Å². The van der Waals surface area contributed by atoms with Crippen LogP contribution in [-0.4, -0.2) is 191 Å². The third-order valence-corrected chi connectivity index (χ3v) is 12.4. The largest absolute Gasteiger partial charge is 0.385 e. The Bertz CT molecular complexity index is 1560. The van der Waals surface area contributed by atoms with Crippen LogP contribution in [0.25, 0.3) is 0 Å². The number of hydroxylamine groups is 2. The molecule has 6 N–H and O–H groups in total. The maximum Gasteiger partial charge on any atom is 0.334 e. The molecule has 78 heavy (non-hydrogen) atoms. The van der Waals surface area contributed by atoms with Crippen molar-refractivity contribution in [2.75, 3.05) is 121 Å². The second-order valence-corrected chi connectivity index (χ2v) is 19.4. The first-order valence-corrected chi connectivity index (χ1v) is 31.2. The number of imide groups is 1. The maximum atomic E-state index is 11.5. The number of unbranched alkanes of at least 4 members (excludes halogenated alkanes) is 2. The van der Waals surface area contributed by atoms with E-state index in [4.69, 9.17) is 14.2 Å². The van der Waals surface area contributed by atoms with Crippen LogP contribution < -0.4 is 31.9 Å². The second kappa shape index (κ2) is 67.9. The number of hydrogen-bond donors (Lipinski definition) is 7. The van der Waals surface area contributed by atoms with Crippen LogP contribution in [-0.2, 0) is 71.8 Å². The highest BCUT2D eigenvalue weighted by atomic mass is 79.9. The number of nitrogens with zero attached hydrogens (tertiary/aromatic N) is 1. The number of methoxy groups -OCH3 is 3. The van der Waals surface area contributed by atoms with Crippen molar-refractivity contribution in [2.24, 2.45) is 0 Å². The second-order valence-electron chi connectivity index (χ2n) is 15.7. The number of rotatable bonds is 39. The minimum absolute atomic E-state index is 0. The lowest BCUT2D eigenvalue weighted by Gasteiger charge is -2.12. The van der Waals surface area contributed by atoms with Gasteiger partial charge in [0.1, 0.15) is 11.6 Å². The third-order valence-electron chi connectivity index (χ3n) is 9.30. The predicted molar refractivity (Wildman–Crippen MR) is 322 cm³/mol. The summed E-state index contributed by atoms with van der Waals surface area (Å²) in [6.07, 6.45) is 13.5. The van der Waals surface area contributed by atoms with Gasteiger partial charge in [-0.15, -0.1) is 5.06 Å². The van der Waals surface area contributed by atoms with Gasteiger partial charge < -0.3 is 50.9 Å². The van der Waals surface area contributed by atoms with Gasteiger partial charge >= 0.3 is 5.97 Å². The molecule has 0 aliphatic carbocycles. The Hall–Kier alpha value is -3.34. The first-order valence-electron chi connectivity index (χ1n) is 25.8. The predicted octanol–water partition coefficient (Wildman–Crippen LogP) is 5.29. The summed E-state index contributed by atoms with van der Waals surface area (Å²) in [5.74, 6) is 1.44. The van der Waals surface area contributed by atoms with Gasteiger partial charge in [-0.25, -0.2) is 4.79 Å². The smallest absolute Gasteiger partial charge is 0.334 e. The van der Waals surface area contributed by atoms with Crippen molar-refractivity contribution in [2.45, 2.75) is 137 Å². The number of halogens is 2. The van der Waals surface area contributed by atoms with Crippen LogP contribution in [0.1, 0.15) is 137 Å². The van der Waals surface area contributed by atoms with Gasteiger partial charge in [-0.05, 0) is 74.9 Å². The summed E-state index contributed by atoms with van der Waals surface area (Å²) in [6, 6.07) is 0. The average molecular weight is 1300 g/mol. The molecule has 8 amide bonds. The van der Waals surface area contributed by atoms with E-state index in [-0.39, 0.29) is 85.8 Å². The van der Waals surface area contributed by atoms with Gasteiger partial charge in [0.25, 0.3) is 11.8 Å². The zero-order valence-corrected chi connectivity index (χ0v) is 52.7. The highest BCUT2D eigenvalue weighted by molar-refractivity contribution is 9.09. The Morgan fingerprint density at radius 3 is 1.37 bits per heavy atom. The van der Waals surface area contributed by atoms with E-state index in [0.29, 0.717) is 74.3 Å². The highest BCUT2D eigenvalue weighted by Crippen LogP contribution is 2.12. The normalized spacial score (nSPS) is 10.7. The van der Waals surface area contributed by atoms with Gasteiger partial charge in [0.05, 0.1) is 22.8 Å². The van der Waals surface area contributed by atoms with E-state index in [9.17, 15) is 52.7 Å². The lowest BCUT2D eigenvalue weighted by atomic mass is 10.1. The van der Waals surface area contributed by atoms with Crippen molar-refractivity contribution >= 4 is 133 Å². The fraction of sp³-hybridized carbons (Fsp3) is 0.784. The molecule has 1 fully saturated rings. The first kappa shape index (κ1) is 85.9. The van der Waals surface area contributed by atoms with Crippen LogP contribution in [0.2, 0.25) is 0 Å². The lowest BCUT2D eigenvalue weighted by Crippen LogP contribution is -2.34. The molecule has 1 aliphatic rings. The standard InChI is InChI=1S/C14H27N3O4S.C10H20O2S.C9H11BrN2O5.C9H18O2S.C6H11BrN2O2.C2H6.CH4/c1-15-12(18)6-8-17-14(20)11-22-10-3-5-13(19)16-7-4-9-21-2;1-12-8-4-3-6-10(11)7-5-9-13-2;10-5-6(13)11-4-3-9(16)17-12-7(14)1-2-8(12)15;1-11-7-3-2-5-9(10)6-4-8-12;1-8-5(10)2-3-9-6(11)4-7;1-2;/h3-11H2,1-2H3,(H,15,18)(H,16,19)(H,17,20);3-9H2,1-2H3;1-5H2,(H,11,13);12H,2-8H2,1H3;2-4H2,1H3,(H,8,10)(H,9,11);1-2H3;1H4. The molecule has 0 bridgehead atoms. The number of carbonyl (C=O) groups is 11. The molecule has 0 unspecified atom stereocenters. The zero-order valence-electron chi connectivity index (χ0n) is 47.0. The molecule has 27 heteroatoms. The summed E-state index contributed by atoms with van der Waals surface area (Å²) in [6.45, 7) is 7.66. The molecule has 22 nitrogen and oxygen atoms in total. The number of carbonyl (C=O) groups excluding carboxylic acids is 11. The minimum atomic E-state index is -0.733. The number of thiol groups is 1. The average Bonchev–Trinajstić information content (AvgIpc) is 3.74. The van der Waals surface area contributed by atoms with E-state index in [1.807, 2.05) is 13.8 Å². The van der Waals surface area contributed by atoms with Gasteiger partial charge in [0, 0.05) is 139 Å². The van der Waals surface area contributed by atoms with Crippen molar-refractivity contribution < 1.29 is 71.8 Å². The van der Waals surface area contributed by atoms with E-state index >= 15 is 0 Å². The van der Waals surface area contributed by atoms with E-state index in [0.717, 1.165) is 94.7 Å². The third kappa shape index (κ3) is 66.9. The summed E-state index contributed by atoms with van der Waals surface area (Å²) >= 11 is 13.3. The Balaban J connectivity index is -0.000000210. The molecule has 1 rings (SSSR count). The molecular formula is C51H97Br2N7O15S3. The zero-order chi connectivity index (χ0) is 59.3. The van der Waals surface area contributed by atoms with Crippen molar-refractivity contribution in [3.05, 3.63) is 0 Å². The molecule has 0 saturated carbocycles. The van der Waals surface area contributed by atoms with Crippen LogP contribution in [0.4, 0.5) is 0 Å². The Morgan fingerprint density at radius 1 is 0.526 bits per heavy atom. The molecule has 0 aromatic rings. The van der Waals surface area contributed by atoms with E-state index in [1.54, 1.807) is 47.2 Å². The number of ether oxygens (including phenoxy) is 3. The Morgan fingerprint density at radius 2 is 0.936 bits per heavy atom. The molecule has 1 aliphatic heterocycles. The maximum absolute atomic E-state index is 11.5. The monoisotopic (exact) mass is 1300 g/mol. The van der Waals surface area contributed by atoms with Crippen LogP contribution >= 0.6 is 68.0 Å². The summed E-state index contributed by atoms with van der Waals surface area (Å²) in [5, 5.41) is 16.3. The molecule has 1 heterocycles. The van der Waals surface area contributed by atoms with Crippen LogP contribution in [0.5, 0.6) is 0 Å². The molecular weight excluding hydrogens is 1210 g/mol. The number of ketones is 2. The summed E-state index contributed by atoms with van der Waals surface area (Å²) in [5.41, 5.74) is 0. The SMILES string of the molecule is C.CC.CNC(=O)CCNC(=O)CBr.CNC(=O)CCNC(=O)CSCCCC(=O)NCCCOC.COCCCCC(=O)CCCS.COCCCCC(=O)CCCSC.O=C(CBr)NCCC(=O)ON1C(=O)CCC1=O. The number of hydrogen-bond acceptors (Lipinski definition) is 18. The Kier molecular flexibility index (Phi) is 74.8. The van der Waals surface area contributed by atoms with Crippen molar-refractivity contribution in [3.8, 4) is 0 Å². The fourth-order valence-corrected chi connectivity index (χ4v) is 7.01. The molecule has 0 radical (unpaired) electrons. The number of alkyl halides is 2. The van der Waals surface area contributed by atoms with Crippen LogP contribution in [0.15, 0.2) is 0 Å². The summed E-state index contributed by atoms with van der Waals surface area (Å²) in [4.78, 5) is 126. The summed E-state index contributed by atoms with van der Waals surface area (Å²) in [7, 11) is 8.14. The van der Waals surface area contributed by atoms with Crippen molar-refractivity contribution in [1.82, 2.24) is 37.0 Å². The quantitative estimate of drug-likeness (QED) is 0.0178. The molecule has 1 saturated heterocycles. The van der Waals surface area contributed by atoms with E-state index < -0.39 is 17.8 Å². The number of Topliss-reactive ketones (excluding diaryl/α,β-unsaturated/α-hetero) is 2. The summed E-state index contributed by atoms with van der Waals surface area (Å²) < 4.78 is 14.7. The Labute approximate surface area is 496 Å². The van der Waals surface area contributed by atoms with Gasteiger partial charge in [0.2, 0.25) is 35.4 Å². The molecule has 0 aromatic heterocycles. The van der Waals surface area contributed by atoms with Gasteiger partial charge in [-0.1, -0.05) is 53.1 Å². The number of thioether (sulfide) groups is 2.